The van der Waals surface area contributed by atoms with Gasteiger partial charge < -0.3 is 11.1 Å². The average molecular weight is 230 g/mol. The minimum Gasteiger partial charge on any atom is -0.399 e. The van der Waals surface area contributed by atoms with Crippen molar-refractivity contribution in [3.63, 3.8) is 0 Å². The Morgan fingerprint density at radius 2 is 2.29 bits per heavy atom. The van der Waals surface area contributed by atoms with E-state index in [0.29, 0.717) is 11.3 Å². The number of nitrogens with two attached hydrogens (primary N) is 1. The lowest BCUT2D eigenvalue weighted by atomic mass is 10.1. The van der Waals surface area contributed by atoms with E-state index >= 15 is 0 Å². The average Bonchev–Trinajstić information content (AvgIpc) is 2.31. The van der Waals surface area contributed by atoms with Crippen LogP contribution in [-0.4, -0.2) is 11.9 Å². The monoisotopic (exact) mass is 230 g/mol. The van der Waals surface area contributed by atoms with Gasteiger partial charge in [0.15, 0.2) is 0 Å². The molecule has 0 radical (unpaired) electrons. The summed E-state index contributed by atoms with van der Waals surface area (Å²) in [6.45, 7) is 3.90. The van der Waals surface area contributed by atoms with Crippen LogP contribution in [0.25, 0.3) is 0 Å². The molecule has 1 aromatic rings. The maximum Gasteiger partial charge on any atom is 0.252 e. The Kier molecular flexibility index (Phi) is 4.59. The number of hydrogen-bond donors (Lipinski definition) is 2. The second-order valence-corrected chi connectivity index (χ2v) is 4.05. The zero-order valence-corrected chi connectivity index (χ0v) is 10.3. The second kappa shape index (κ2) is 5.95. The molecule has 0 heterocycles. The molecule has 0 aliphatic carbocycles. The Hall–Kier alpha value is -1.95. The molecule has 1 unspecified atom stereocenters. The number of benzene rings is 1. The number of carbonyl (C=O) groups excluding carboxylic acids is 1. The van der Waals surface area contributed by atoms with Crippen LogP contribution < -0.4 is 11.1 Å². The van der Waals surface area contributed by atoms with E-state index in [1.807, 2.05) is 13.8 Å². The van der Waals surface area contributed by atoms with E-state index in [9.17, 15) is 4.79 Å². The van der Waals surface area contributed by atoms with Crippen molar-refractivity contribution in [1.29, 1.82) is 0 Å². The number of carbonyl (C=O) groups is 1. The normalized spacial score (nSPS) is 11.6. The molecule has 0 bridgehead atoms. The Balaban J connectivity index is 2.76. The maximum absolute atomic E-state index is 11.9. The second-order valence-electron chi connectivity index (χ2n) is 4.05. The molecule has 0 saturated heterocycles. The van der Waals surface area contributed by atoms with Crippen molar-refractivity contribution in [2.45, 2.75) is 32.7 Å². The van der Waals surface area contributed by atoms with Gasteiger partial charge in [0, 0.05) is 11.3 Å². The number of rotatable bonds is 4. The van der Waals surface area contributed by atoms with E-state index < -0.39 is 0 Å². The first kappa shape index (κ1) is 13.1. The van der Waals surface area contributed by atoms with Crippen LogP contribution in [0.2, 0.25) is 0 Å². The number of nitrogens with one attached hydrogen (secondary N) is 1. The third kappa shape index (κ3) is 3.53. The first-order valence-corrected chi connectivity index (χ1v) is 5.71. The number of anilines is 1. The van der Waals surface area contributed by atoms with E-state index in [0.717, 1.165) is 18.4 Å². The van der Waals surface area contributed by atoms with Gasteiger partial charge in [0.2, 0.25) is 0 Å². The quantitative estimate of drug-likeness (QED) is 0.615. The molecular formula is C14H18N2O. The van der Waals surface area contributed by atoms with Gasteiger partial charge in [-0.1, -0.05) is 19.3 Å². The number of terminal acetylenes is 1. The van der Waals surface area contributed by atoms with E-state index in [1.54, 1.807) is 18.2 Å². The van der Waals surface area contributed by atoms with Crippen molar-refractivity contribution in [2.75, 3.05) is 5.73 Å². The Morgan fingerprint density at radius 1 is 1.59 bits per heavy atom. The summed E-state index contributed by atoms with van der Waals surface area (Å²) in [6.07, 6.45) is 7.08. The molecule has 3 N–H and O–H groups in total. The zero-order valence-electron chi connectivity index (χ0n) is 10.3. The van der Waals surface area contributed by atoms with Crippen molar-refractivity contribution in [3.05, 3.63) is 29.3 Å². The zero-order chi connectivity index (χ0) is 12.8. The van der Waals surface area contributed by atoms with Crippen LogP contribution in [0.3, 0.4) is 0 Å². The first-order valence-electron chi connectivity index (χ1n) is 5.71. The summed E-state index contributed by atoms with van der Waals surface area (Å²) in [6, 6.07) is 5.00. The lowest BCUT2D eigenvalue weighted by molar-refractivity contribution is 0.0944. The molecule has 1 atom stereocenters. The van der Waals surface area contributed by atoms with Gasteiger partial charge in [0.05, 0.1) is 6.04 Å². The van der Waals surface area contributed by atoms with Crippen LogP contribution in [0, 0.1) is 19.3 Å². The lowest BCUT2D eigenvalue weighted by Crippen LogP contribution is -2.33. The van der Waals surface area contributed by atoms with Gasteiger partial charge in [-0.15, -0.1) is 6.42 Å². The first-order chi connectivity index (χ1) is 8.08. The molecule has 0 fully saturated rings. The Bertz CT molecular complexity index is 446. The SMILES string of the molecule is C#CC(CCC)NC(=O)c1ccc(N)c(C)c1. The predicted octanol–water partition coefficient (Wildman–Crippen LogP) is 2.11. The molecule has 3 heteroatoms. The van der Waals surface area contributed by atoms with Crippen molar-refractivity contribution in [1.82, 2.24) is 5.32 Å². The van der Waals surface area contributed by atoms with E-state index in [4.69, 9.17) is 12.2 Å². The van der Waals surface area contributed by atoms with Crippen molar-refractivity contribution in [2.24, 2.45) is 0 Å². The maximum atomic E-state index is 11.9. The Labute approximate surface area is 102 Å². The van der Waals surface area contributed by atoms with Crippen LogP contribution in [-0.2, 0) is 0 Å². The van der Waals surface area contributed by atoms with Gasteiger partial charge in [-0.3, -0.25) is 4.79 Å². The number of hydrogen-bond acceptors (Lipinski definition) is 2. The molecule has 90 valence electrons. The topological polar surface area (TPSA) is 55.1 Å². The Morgan fingerprint density at radius 3 is 2.82 bits per heavy atom. The molecule has 1 aromatic carbocycles. The lowest BCUT2D eigenvalue weighted by Gasteiger charge is -2.12. The number of nitrogen functional groups attached to an aromatic ring is 1. The molecule has 17 heavy (non-hydrogen) atoms. The van der Waals surface area contributed by atoms with E-state index in [1.165, 1.54) is 0 Å². The fourth-order valence-corrected chi connectivity index (χ4v) is 1.54. The fraction of sp³-hybridized carbons (Fsp3) is 0.357. The van der Waals surface area contributed by atoms with Crippen molar-refractivity contribution < 1.29 is 4.79 Å². The summed E-state index contributed by atoms with van der Waals surface area (Å²) in [4.78, 5) is 11.9. The van der Waals surface area contributed by atoms with Crippen molar-refractivity contribution >= 4 is 11.6 Å². The van der Waals surface area contributed by atoms with Gasteiger partial charge in [-0.2, -0.15) is 0 Å². The molecule has 0 spiro atoms. The summed E-state index contributed by atoms with van der Waals surface area (Å²) < 4.78 is 0. The van der Waals surface area contributed by atoms with Crippen molar-refractivity contribution in [3.8, 4) is 12.3 Å². The number of amides is 1. The molecule has 0 saturated carbocycles. The summed E-state index contributed by atoms with van der Waals surface area (Å²) in [5.74, 6) is 2.42. The fourth-order valence-electron chi connectivity index (χ4n) is 1.54. The minimum atomic E-state index is -0.203. The molecular weight excluding hydrogens is 212 g/mol. The molecule has 0 aliphatic heterocycles. The predicted molar refractivity (Wildman–Crippen MR) is 70.6 cm³/mol. The van der Waals surface area contributed by atoms with Crippen LogP contribution in [0.15, 0.2) is 18.2 Å². The highest BCUT2D eigenvalue weighted by atomic mass is 16.1. The molecule has 1 amide bonds. The standard InChI is InChI=1S/C14H18N2O/c1-4-6-12(5-2)16-14(17)11-7-8-13(15)10(3)9-11/h2,7-9,12H,4,6,15H2,1,3H3,(H,16,17). The number of aryl methyl sites for hydroxylation is 1. The largest absolute Gasteiger partial charge is 0.399 e. The highest BCUT2D eigenvalue weighted by Gasteiger charge is 2.11. The van der Waals surface area contributed by atoms with Crippen LogP contribution in [0.4, 0.5) is 5.69 Å². The van der Waals surface area contributed by atoms with Gasteiger partial charge in [0.25, 0.3) is 5.91 Å². The molecule has 3 nitrogen and oxygen atoms in total. The van der Waals surface area contributed by atoms with Gasteiger partial charge in [-0.25, -0.2) is 0 Å². The highest BCUT2D eigenvalue weighted by Crippen LogP contribution is 2.12. The summed E-state index contributed by atoms with van der Waals surface area (Å²) in [5.41, 5.74) is 7.87. The summed E-state index contributed by atoms with van der Waals surface area (Å²) in [5, 5.41) is 2.81. The van der Waals surface area contributed by atoms with Gasteiger partial charge in [-0.05, 0) is 37.1 Å². The third-order valence-electron chi connectivity index (χ3n) is 2.62. The highest BCUT2D eigenvalue weighted by molar-refractivity contribution is 5.95. The third-order valence-corrected chi connectivity index (χ3v) is 2.62. The smallest absolute Gasteiger partial charge is 0.252 e. The van der Waals surface area contributed by atoms with Crippen LogP contribution in [0.5, 0.6) is 0 Å². The van der Waals surface area contributed by atoms with Crippen LogP contribution >= 0.6 is 0 Å². The van der Waals surface area contributed by atoms with Gasteiger partial charge in [0.1, 0.15) is 0 Å². The van der Waals surface area contributed by atoms with E-state index in [-0.39, 0.29) is 11.9 Å². The summed E-state index contributed by atoms with van der Waals surface area (Å²) >= 11 is 0. The van der Waals surface area contributed by atoms with Gasteiger partial charge >= 0.3 is 0 Å². The minimum absolute atomic E-state index is 0.149. The van der Waals surface area contributed by atoms with Crippen LogP contribution in [0.1, 0.15) is 35.7 Å². The summed E-state index contributed by atoms with van der Waals surface area (Å²) in [7, 11) is 0. The molecule has 0 aromatic heterocycles. The molecule has 1 rings (SSSR count). The van der Waals surface area contributed by atoms with E-state index in [2.05, 4.69) is 11.2 Å². The molecule has 0 aliphatic rings.